The van der Waals surface area contributed by atoms with Gasteiger partial charge in [0.15, 0.2) is 0 Å². The summed E-state index contributed by atoms with van der Waals surface area (Å²) in [6.45, 7) is 6.89. The number of hydrogen-bond donors (Lipinski definition) is 0. The molecule has 0 unspecified atom stereocenters. The molecule has 0 aliphatic heterocycles. The standard InChI is InChI=1S/C13H19.Ti/c1-4-11-9(2)10(3)12-7-5-6-8-13(11)12;/h4-8H2,1-3H3;/q-1;. The molecule has 0 saturated carbocycles. The summed E-state index contributed by atoms with van der Waals surface area (Å²) in [6, 6.07) is 0. The van der Waals surface area contributed by atoms with Crippen LogP contribution in [0.15, 0.2) is 0 Å². The molecule has 0 N–H and O–H groups in total. The fraction of sp³-hybridized carbons (Fsp3) is 0.615. The smallest absolute Gasteiger partial charge is 0 e. The van der Waals surface area contributed by atoms with Crippen molar-refractivity contribution in [2.45, 2.75) is 52.9 Å². The second kappa shape index (κ2) is 4.72. The van der Waals surface area contributed by atoms with Crippen molar-refractivity contribution < 1.29 is 21.7 Å². The molecule has 0 bridgehead atoms. The number of fused-ring (bicyclic) bond motifs is 1. The van der Waals surface area contributed by atoms with Gasteiger partial charge in [-0.05, 0) is 0 Å². The summed E-state index contributed by atoms with van der Waals surface area (Å²) in [5.41, 5.74) is 8.23. The van der Waals surface area contributed by atoms with Crippen molar-refractivity contribution >= 4 is 0 Å². The summed E-state index contributed by atoms with van der Waals surface area (Å²) >= 11 is 0. The molecule has 2 rings (SSSR count). The molecular formula is C13H19Ti-. The zero-order valence-corrected chi connectivity index (χ0v) is 11.1. The normalized spacial score (nSPS) is 14.8. The Kier molecular flexibility index (Phi) is 4.09. The van der Waals surface area contributed by atoms with E-state index in [9.17, 15) is 0 Å². The first-order valence-electron chi connectivity index (χ1n) is 5.52. The molecule has 1 heteroatoms. The Hall–Kier alpha value is 0.0643. The fourth-order valence-corrected chi connectivity index (χ4v) is 2.81. The second-order valence-electron chi connectivity index (χ2n) is 4.25. The van der Waals surface area contributed by atoms with E-state index in [1.54, 1.807) is 27.8 Å². The molecule has 0 nitrogen and oxygen atoms in total. The first kappa shape index (κ1) is 12.1. The van der Waals surface area contributed by atoms with Crippen LogP contribution in [-0.2, 0) is 41.0 Å². The first-order chi connectivity index (χ1) is 6.25. The van der Waals surface area contributed by atoms with Crippen LogP contribution in [0.1, 0.15) is 47.6 Å². The minimum Gasteiger partial charge on any atom is -0.195 e. The van der Waals surface area contributed by atoms with Gasteiger partial charge < -0.3 is 0 Å². The maximum Gasteiger partial charge on any atom is 0 e. The molecule has 0 saturated heterocycles. The van der Waals surface area contributed by atoms with Crippen LogP contribution in [0.3, 0.4) is 0 Å². The maximum absolute atomic E-state index is 2.30. The predicted molar refractivity (Wildman–Crippen MR) is 57.5 cm³/mol. The molecule has 1 aromatic carbocycles. The molecule has 0 fully saturated rings. The van der Waals surface area contributed by atoms with Crippen molar-refractivity contribution in [3.05, 3.63) is 27.8 Å². The Morgan fingerprint density at radius 1 is 1.14 bits per heavy atom. The van der Waals surface area contributed by atoms with Crippen molar-refractivity contribution in [3.8, 4) is 0 Å². The fourth-order valence-electron chi connectivity index (χ4n) is 2.81. The van der Waals surface area contributed by atoms with Gasteiger partial charge in [0.25, 0.3) is 0 Å². The Bertz CT molecular complexity index is 301. The second-order valence-corrected chi connectivity index (χ2v) is 4.25. The first-order valence-corrected chi connectivity index (χ1v) is 5.52. The Labute approximate surface area is 102 Å². The summed E-state index contributed by atoms with van der Waals surface area (Å²) < 4.78 is 0. The van der Waals surface area contributed by atoms with E-state index in [1.807, 2.05) is 0 Å². The third-order valence-electron chi connectivity index (χ3n) is 3.65. The quantitative estimate of drug-likeness (QED) is 0.505. The molecule has 0 atom stereocenters. The molecule has 1 aliphatic carbocycles. The van der Waals surface area contributed by atoms with Gasteiger partial charge in [-0.25, -0.2) is 0 Å². The van der Waals surface area contributed by atoms with E-state index in [1.165, 1.54) is 32.1 Å². The Balaban J connectivity index is 0.000000980. The van der Waals surface area contributed by atoms with Crippen molar-refractivity contribution in [1.29, 1.82) is 0 Å². The van der Waals surface area contributed by atoms with Crippen LogP contribution in [0, 0.1) is 13.8 Å². The van der Waals surface area contributed by atoms with Crippen LogP contribution < -0.4 is 0 Å². The Morgan fingerprint density at radius 2 is 1.79 bits per heavy atom. The zero-order chi connectivity index (χ0) is 9.42. The van der Waals surface area contributed by atoms with Gasteiger partial charge in [0.05, 0.1) is 0 Å². The largest absolute Gasteiger partial charge is 0.195 e. The van der Waals surface area contributed by atoms with Gasteiger partial charge in [-0.3, -0.25) is 0 Å². The van der Waals surface area contributed by atoms with E-state index in [0.29, 0.717) is 0 Å². The minimum atomic E-state index is 0. The number of hydrogen-bond acceptors (Lipinski definition) is 0. The van der Waals surface area contributed by atoms with Crippen molar-refractivity contribution in [2.24, 2.45) is 0 Å². The van der Waals surface area contributed by atoms with Crippen LogP contribution >= 0.6 is 0 Å². The van der Waals surface area contributed by atoms with Crippen LogP contribution in [0.4, 0.5) is 0 Å². The van der Waals surface area contributed by atoms with E-state index in [-0.39, 0.29) is 21.7 Å². The molecule has 1 aliphatic rings. The molecule has 1 aromatic rings. The van der Waals surface area contributed by atoms with Crippen molar-refractivity contribution in [2.75, 3.05) is 0 Å². The van der Waals surface area contributed by atoms with Gasteiger partial charge in [-0.15, -0.1) is 0 Å². The third kappa shape index (κ3) is 1.75. The zero-order valence-electron chi connectivity index (χ0n) is 9.54. The molecule has 0 radical (unpaired) electrons. The SMILES string of the molecule is CC[c-]1c(C)c(C)c2c1CCCC2.[Ti]. The predicted octanol–water partition coefficient (Wildman–Crippen LogP) is 3.46. The van der Waals surface area contributed by atoms with Crippen LogP contribution in [0.5, 0.6) is 0 Å². The van der Waals surface area contributed by atoms with Gasteiger partial charge >= 0.3 is 0 Å². The van der Waals surface area contributed by atoms with Crippen LogP contribution in [-0.4, -0.2) is 0 Å². The molecule has 0 amide bonds. The summed E-state index contributed by atoms with van der Waals surface area (Å²) in [5, 5.41) is 0. The summed E-state index contributed by atoms with van der Waals surface area (Å²) in [5.74, 6) is 0. The van der Waals surface area contributed by atoms with Crippen LogP contribution in [0.25, 0.3) is 0 Å². The van der Waals surface area contributed by atoms with E-state index in [4.69, 9.17) is 0 Å². The maximum atomic E-state index is 2.30. The van der Waals surface area contributed by atoms with E-state index in [0.717, 1.165) is 0 Å². The molecule has 0 aromatic heterocycles. The van der Waals surface area contributed by atoms with E-state index in [2.05, 4.69) is 20.8 Å². The monoisotopic (exact) mass is 223 g/mol. The van der Waals surface area contributed by atoms with Crippen molar-refractivity contribution in [3.63, 3.8) is 0 Å². The molecule has 14 heavy (non-hydrogen) atoms. The minimum absolute atomic E-state index is 0. The van der Waals surface area contributed by atoms with Gasteiger partial charge in [0.2, 0.25) is 0 Å². The Morgan fingerprint density at radius 3 is 2.43 bits per heavy atom. The van der Waals surface area contributed by atoms with Crippen molar-refractivity contribution in [1.82, 2.24) is 0 Å². The third-order valence-corrected chi connectivity index (χ3v) is 3.65. The number of rotatable bonds is 1. The van der Waals surface area contributed by atoms with E-state index >= 15 is 0 Å². The average molecular weight is 223 g/mol. The topological polar surface area (TPSA) is 0 Å². The molecule has 0 heterocycles. The van der Waals surface area contributed by atoms with Gasteiger partial charge in [-0.1, -0.05) is 52.9 Å². The molecular weight excluding hydrogens is 204 g/mol. The van der Waals surface area contributed by atoms with Gasteiger partial charge in [0.1, 0.15) is 0 Å². The average Bonchev–Trinajstić information content (AvgIpc) is 2.41. The molecule has 0 spiro atoms. The summed E-state index contributed by atoms with van der Waals surface area (Å²) in [6.07, 6.45) is 6.71. The molecule has 76 valence electrons. The summed E-state index contributed by atoms with van der Waals surface area (Å²) in [4.78, 5) is 0. The van der Waals surface area contributed by atoms with Gasteiger partial charge in [0, 0.05) is 21.7 Å². The van der Waals surface area contributed by atoms with Gasteiger partial charge in [-0.2, -0.15) is 27.8 Å². The summed E-state index contributed by atoms with van der Waals surface area (Å²) in [7, 11) is 0. The van der Waals surface area contributed by atoms with Crippen LogP contribution in [0.2, 0.25) is 0 Å². The van der Waals surface area contributed by atoms with E-state index < -0.39 is 0 Å².